The van der Waals surface area contributed by atoms with Crippen molar-refractivity contribution in [3.05, 3.63) is 0 Å². The minimum absolute atomic E-state index is 0.320. The summed E-state index contributed by atoms with van der Waals surface area (Å²) in [6.07, 6.45) is -0.910. The quantitative estimate of drug-likeness (QED) is 0.697. The lowest BCUT2D eigenvalue weighted by Crippen LogP contribution is -2.28. The Morgan fingerprint density at radius 3 is 1.23 bits per heavy atom. The Kier molecular flexibility index (Phi) is 7.70. The molecule has 0 spiro atoms. The molecule has 0 aliphatic carbocycles. The lowest BCUT2D eigenvalue weighted by atomic mass is 10.1. The lowest BCUT2D eigenvalue weighted by molar-refractivity contribution is -0.0367. The molecule has 0 aromatic rings. The van der Waals surface area contributed by atoms with Gasteiger partial charge in [-0.2, -0.15) is 0 Å². The maximum absolute atomic E-state index is 11.5. The second kappa shape index (κ2) is 8.25. The monoisotopic (exact) mass is 318 g/mol. The van der Waals surface area contributed by atoms with Crippen molar-refractivity contribution < 1.29 is 28.5 Å². The summed E-state index contributed by atoms with van der Waals surface area (Å²) in [4.78, 5) is 23.0. The molecule has 0 saturated heterocycles. The predicted molar refractivity (Wildman–Crippen MR) is 82.8 cm³/mol. The molecule has 0 radical (unpaired) electrons. The van der Waals surface area contributed by atoms with Gasteiger partial charge in [-0.05, 0) is 68.2 Å². The van der Waals surface area contributed by atoms with Gasteiger partial charge in [-0.25, -0.2) is 9.59 Å². The first-order chi connectivity index (χ1) is 9.78. The second-order valence-corrected chi connectivity index (χ2v) is 7.36. The molecule has 0 heterocycles. The zero-order valence-electron chi connectivity index (χ0n) is 15.0. The van der Waals surface area contributed by atoms with Gasteiger partial charge in [0.15, 0.2) is 0 Å². The molecule has 2 unspecified atom stereocenters. The molecule has 0 aliphatic heterocycles. The number of hydrogen-bond acceptors (Lipinski definition) is 6. The highest BCUT2D eigenvalue weighted by molar-refractivity contribution is 5.61. The molecule has 0 aromatic carbocycles. The van der Waals surface area contributed by atoms with Gasteiger partial charge in [-0.1, -0.05) is 0 Å². The van der Waals surface area contributed by atoms with Crippen LogP contribution in [0.4, 0.5) is 9.59 Å². The van der Waals surface area contributed by atoms with E-state index in [-0.39, 0.29) is 12.2 Å². The molecule has 0 rings (SSSR count). The van der Waals surface area contributed by atoms with Crippen molar-refractivity contribution in [1.29, 1.82) is 0 Å². The van der Waals surface area contributed by atoms with E-state index in [1.807, 2.05) is 0 Å². The maximum atomic E-state index is 11.5. The fourth-order valence-corrected chi connectivity index (χ4v) is 1.46. The standard InChI is InChI=1S/C16H30O6/c1-11(19-13(17)21-15(3,4)5)9-10-12(2)20-14(18)22-16(6,7)8/h11-12H,9-10H2,1-8H3. The number of ether oxygens (including phenoxy) is 4. The maximum Gasteiger partial charge on any atom is 0.509 e. The summed E-state index contributed by atoms with van der Waals surface area (Å²) in [6, 6.07) is 0. The Morgan fingerprint density at radius 2 is 1.00 bits per heavy atom. The van der Waals surface area contributed by atoms with Crippen molar-refractivity contribution >= 4 is 12.3 Å². The van der Waals surface area contributed by atoms with Crippen LogP contribution in [0.15, 0.2) is 0 Å². The van der Waals surface area contributed by atoms with Crippen molar-refractivity contribution in [2.45, 2.75) is 91.6 Å². The summed E-state index contributed by atoms with van der Waals surface area (Å²) in [5, 5.41) is 0. The Morgan fingerprint density at radius 1 is 0.727 bits per heavy atom. The van der Waals surface area contributed by atoms with E-state index in [2.05, 4.69) is 0 Å². The molecule has 6 heteroatoms. The SMILES string of the molecule is CC(CCC(C)OC(=O)OC(C)(C)C)OC(=O)OC(C)(C)C. The molecule has 0 aromatic heterocycles. The fraction of sp³-hybridized carbons (Fsp3) is 0.875. The van der Waals surface area contributed by atoms with Crippen molar-refractivity contribution in [2.75, 3.05) is 0 Å². The molecule has 2 atom stereocenters. The third-order valence-electron chi connectivity index (χ3n) is 2.35. The van der Waals surface area contributed by atoms with Gasteiger partial charge in [0.1, 0.15) is 23.4 Å². The van der Waals surface area contributed by atoms with Crippen LogP contribution >= 0.6 is 0 Å². The Labute approximate surface area is 133 Å². The predicted octanol–water partition coefficient (Wildman–Crippen LogP) is 4.45. The summed E-state index contributed by atoms with van der Waals surface area (Å²) in [5.74, 6) is 0. The normalized spacial score (nSPS) is 14.7. The fourth-order valence-electron chi connectivity index (χ4n) is 1.46. The van der Waals surface area contributed by atoms with Crippen LogP contribution < -0.4 is 0 Å². The average Bonchev–Trinajstić information content (AvgIpc) is 2.20. The van der Waals surface area contributed by atoms with Gasteiger partial charge in [0.25, 0.3) is 0 Å². The van der Waals surface area contributed by atoms with E-state index in [1.165, 1.54) is 0 Å². The van der Waals surface area contributed by atoms with E-state index in [0.29, 0.717) is 12.8 Å². The van der Waals surface area contributed by atoms with Crippen molar-refractivity contribution in [2.24, 2.45) is 0 Å². The summed E-state index contributed by atoms with van der Waals surface area (Å²) < 4.78 is 20.4. The van der Waals surface area contributed by atoms with E-state index >= 15 is 0 Å². The number of rotatable bonds is 5. The van der Waals surface area contributed by atoms with Crippen molar-refractivity contribution in [1.82, 2.24) is 0 Å². The van der Waals surface area contributed by atoms with Gasteiger partial charge in [0.05, 0.1) is 0 Å². The van der Waals surface area contributed by atoms with Crippen LogP contribution in [-0.4, -0.2) is 35.7 Å². The van der Waals surface area contributed by atoms with Gasteiger partial charge >= 0.3 is 12.3 Å². The van der Waals surface area contributed by atoms with Crippen molar-refractivity contribution in [3.63, 3.8) is 0 Å². The molecule has 0 bridgehead atoms. The van der Waals surface area contributed by atoms with E-state index in [1.54, 1.807) is 55.4 Å². The highest BCUT2D eigenvalue weighted by Crippen LogP contribution is 2.14. The number of carbonyl (C=O) groups is 2. The van der Waals surface area contributed by atoms with Crippen LogP contribution in [0.3, 0.4) is 0 Å². The second-order valence-electron chi connectivity index (χ2n) is 7.36. The summed E-state index contributed by atoms with van der Waals surface area (Å²) in [5.41, 5.74) is -1.16. The van der Waals surface area contributed by atoms with Crippen LogP contribution in [-0.2, 0) is 18.9 Å². The van der Waals surface area contributed by atoms with E-state index in [4.69, 9.17) is 18.9 Å². The first-order valence-corrected chi connectivity index (χ1v) is 7.58. The minimum Gasteiger partial charge on any atom is -0.431 e. The van der Waals surface area contributed by atoms with Crippen LogP contribution in [0, 0.1) is 0 Å². The molecule has 22 heavy (non-hydrogen) atoms. The van der Waals surface area contributed by atoms with Crippen molar-refractivity contribution in [3.8, 4) is 0 Å². The number of hydrogen-bond donors (Lipinski definition) is 0. The minimum atomic E-state index is -0.694. The summed E-state index contributed by atoms with van der Waals surface area (Å²) >= 11 is 0. The molecule has 0 saturated carbocycles. The zero-order chi connectivity index (χ0) is 17.6. The van der Waals surface area contributed by atoms with Gasteiger partial charge in [-0.15, -0.1) is 0 Å². The van der Waals surface area contributed by atoms with Crippen LogP contribution in [0.2, 0.25) is 0 Å². The van der Waals surface area contributed by atoms with Crippen LogP contribution in [0.25, 0.3) is 0 Å². The van der Waals surface area contributed by atoms with Gasteiger partial charge in [0.2, 0.25) is 0 Å². The van der Waals surface area contributed by atoms with Gasteiger partial charge < -0.3 is 18.9 Å². The zero-order valence-corrected chi connectivity index (χ0v) is 15.0. The molecule has 0 fully saturated rings. The first kappa shape index (κ1) is 20.5. The Balaban J connectivity index is 4.02. The smallest absolute Gasteiger partial charge is 0.431 e. The molecule has 0 N–H and O–H groups in total. The van der Waals surface area contributed by atoms with Gasteiger partial charge in [0, 0.05) is 0 Å². The third-order valence-corrected chi connectivity index (χ3v) is 2.35. The third kappa shape index (κ3) is 12.3. The summed E-state index contributed by atoms with van der Waals surface area (Å²) in [6.45, 7) is 14.2. The van der Waals surface area contributed by atoms with E-state index < -0.39 is 23.5 Å². The highest BCUT2D eigenvalue weighted by Gasteiger charge is 2.22. The molecular formula is C16H30O6. The number of carbonyl (C=O) groups excluding carboxylic acids is 2. The first-order valence-electron chi connectivity index (χ1n) is 7.58. The molecule has 0 amide bonds. The lowest BCUT2D eigenvalue weighted by Gasteiger charge is -2.23. The topological polar surface area (TPSA) is 71.1 Å². The summed E-state index contributed by atoms with van der Waals surface area (Å²) in [7, 11) is 0. The molecule has 0 aliphatic rings. The van der Waals surface area contributed by atoms with Crippen LogP contribution in [0.5, 0.6) is 0 Å². The largest absolute Gasteiger partial charge is 0.509 e. The van der Waals surface area contributed by atoms with Gasteiger partial charge in [-0.3, -0.25) is 0 Å². The van der Waals surface area contributed by atoms with E-state index in [9.17, 15) is 9.59 Å². The Hall–Kier alpha value is -1.46. The highest BCUT2D eigenvalue weighted by atomic mass is 16.7. The molecular weight excluding hydrogens is 288 g/mol. The molecule has 130 valence electrons. The average molecular weight is 318 g/mol. The van der Waals surface area contributed by atoms with E-state index in [0.717, 1.165) is 0 Å². The van der Waals surface area contributed by atoms with Crippen LogP contribution in [0.1, 0.15) is 68.2 Å². The molecule has 6 nitrogen and oxygen atoms in total. The Bertz CT molecular complexity index is 328.